The predicted molar refractivity (Wildman–Crippen MR) is 101 cm³/mol. The maximum absolute atomic E-state index is 5.88. The molecule has 0 atom stereocenters. The molecule has 0 bridgehead atoms. The smallest absolute Gasteiger partial charge is 0.0607 e. The number of hydrogen-bond donors (Lipinski definition) is 1. The molecule has 3 nitrogen and oxygen atoms in total. The molecule has 0 saturated carbocycles. The number of benzene rings is 2. The molecule has 1 aliphatic heterocycles. The maximum Gasteiger partial charge on any atom is 0.0607 e. The Morgan fingerprint density at radius 2 is 1.55 bits per heavy atom. The minimum absolute atomic E-state index is 0. The number of halogens is 2. The Kier molecular flexibility index (Phi) is 6.85. The Hall–Kier alpha value is -1.58. The quantitative estimate of drug-likeness (QED) is 0.859. The van der Waals surface area contributed by atoms with E-state index in [2.05, 4.69) is 53.1 Å². The number of fused-ring (bicyclic) bond motifs is 1. The lowest BCUT2D eigenvalue weighted by Gasteiger charge is -2.38. The van der Waals surface area contributed by atoms with E-state index in [1.54, 1.807) is 0 Å². The van der Waals surface area contributed by atoms with Crippen LogP contribution in [-0.2, 0) is 6.54 Å². The number of hydrogen-bond acceptors (Lipinski definition) is 3. The van der Waals surface area contributed by atoms with Crippen molar-refractivity contribution < 1.29 is 0 Å². The molecule has 0 spiro atoms. The average Bonchev–Trinajstić information content (AvgIpc) is 2.48. The van der Waals surface area contributed by atoms with E-state index >= 15 is 0 Å². The normalized spacial score (nSPS) is 13.0. The number of anilines is 3. The fourth-order valence-corrected chi connectivity index (χ4v) is 2.89. The molecule has 0 aromatic heterocycles. The van der Waals surface area contributed by atoms with Crippen LogP contribution in [0.15, 0.2) is 48.5 Å². The summed E-state index contributed by atoms with van der Waals surface area (Å²) in [6.45, 7) is 6.32. The third-order valence-corrected chi connectivity index (χ3v) is 3.91. The van der Waals surface area contributed by atoms with Gasteiger partial charge in [-0.25, -0.2) is 0 Å². The third kappa shape index (κ3) is 3.79. The van der Waals surface area contributed by atoms with Gasteiger partial charge in [-0.3, -0.25) is 0 Å². The lowest BCUT2D eigenvalue weighted by Crippen LogP contribution is -2.40. The number of nitrogens with zero attached hydrogens (tertiary/aromatic N) is 2. The summed E-state index contributed by atoms with van der Waals surface area (Å²) in [5.41, 5.74) is 10.6. The highest BCUT2D eigenvalue weighted by atomic mass is 35.5. The second-order valence-electron chi connectivity index (χ2n) is 5.23. The SMILES string of the molecule is CCN1CCN(Cc2cccc(N)c2)c2ccccc21.Cl.Cl. The van der Waals surface area contributed by atoms with Crippen LogP contribution in [0.25, 0.3) is 0 Å². The first kappa shape index (κ1) is 18.5. The van der Waals surface area contributed by atoms with E-state index in [0.29, 0.717) is 0 Å². The standard InChI is InChI=1S/C17H21N3.2ClH/c1-2-19-10-11-20(17-9-4-3-8-16(17)19)13-14-6-5-7-15(18)12-14;;/h3-9,12H,2,10-11,13,18H2,1H3;2*1H. The third-order valence-electron chi connectivity index (χ3n) is 3.91. The molecule has 1 heterocycles. The minimum atomic E-state index is 0. The molecular formula is C17H23Cl2N3. The Morgan fingerprint density at radius 1 is 0.909 bits per heavy atom. The summed E-state index contributed by atoms with van der Waals surface area (Å²) < 4.78 is 0. The summed E-state index contributed by atoms with van der Waals surface area (Å²) in [6, 6.07) is 16.8. The number of likely N-dealkylation sites (N-methyl/N-ethyl adjacent to an activating group) is 1. The molecule has 2 aromatic carbocycles. The van der Waals surface area contributed by atoms with E-state index in [4.69, 9.17) is 5.73 Å². The highest BCUT2D eigenvalue weighted by Crippen LogP contribution is 2.33. The summed E-state index contributed by atoms with van der Waals surface area (Å²) >= 11 is 0. The van der Waals surface area contributed by atoms with Gasteiger partial charge >= 0.3 is 0 Å². The number of nitrogen functional groups attached to an aromatic ring is 1. The first-order valence-electron chi connectivity index (χ1n) is 7.21. The summed E-state index contributed by atoms with van der Waals surface area (Å²) in [6.07, 6.45) is 0. The zero-order chi connectivity index (χ0) is 13.9. The highest BCUT2D eigenvalue weighted by Gasteiger charge is 2.20. The molecule has 0 saturated heterocycles. The molecule has 0 unspecified atom stereocenters. The van der Waals surface area contributed by atoms with Crippen LogP contribution < -0.4 is 15.5 Å². The van der Waals surface area contributed by atoms with Crippen molar-refractivity contribution in [2.45, 2.75) is 13.5 Å². The lowest BCUT2D eigenvalue weighted by molar-refractivity contribution is 0.708. The van der Waals surface area contributed by atoms with Gasteiger partial charge in [-0.2, -0.15) is 0 Å². The Balaban J connectivity index is 0.00000121. The van der Waals surface area contributed by atoms with Crippen LogP contribution in [0.2, 0.25) is 0 Å². The summed E-state index contributed by atoms with van der Waals surface area (Å²) in [5, 5.41) is 0. The maximum atomic E-state index is 5.88. The van der Waals surface area contributed by atoms with E-state index in [0.717, 1.165) is 31.9 Å². The van der Waals surface area contributed by atoms with Crippen molar-refractivity contribution in [3.8, 4) is 0 Å². The minimum Gasteiger partial charge on any atom is -0.399 e. The fraction of sp³-hybridized carbons (Fsp3) is 0.294. The monoisotopic (exact) mass is 339 g/mol. The average molecular weight is 340 g/mol. The van der Waals surface area contributed by atoms with Crippen LogP contribution in [0.4, 0.5) is 17.1 Å². The van der Waals surface area contributed by atoms with Gasteiger partial charge in [-0.05, 0) is 36.8 Å². The van der Waals surface area contributed by atoms with Gasteiger partial charge in [0, 0.05) is 31.9 Å². The van der Waals surface area contributed by atoms with Crippen molar-refractivity contribution >= 4 is 41.9 Å². The fourth-order valence-electron chi connectivity index (χ4n) is 2.89. The molecule has 2 N–H and O–H groups in total. The van der Waals surface area contributed by atoms with Gasteiger partial charge in [-0.15, -0.1) is 24.8 Å². The van der Waals surface area contributed by atoms with Crippen molar-refractivity contribution in [2.75, 3.05) is 35.2 Å². The van der Waals surface area contributed by atoms with Crippen molar-refractivity contribution in [3.05, 3.63) is 54.1 Å². The summed E-state index contributed by atoms with van der Waals surface area (Å²) in [7, 11) is 0. The van der Waals surface area contributed by atoms with Gasteiger partial charge in [0.05, 0.1) is 11.4 Å². The van der Waals surface area contributed by atoms with E-state index in [9.17, 15) is 0 Å². The Labute approximate surface area is 144 Å². The lowest BCUT2D eigenvalue weighted by atomic mass is 10.1. The van der Waals surface area contributed by atoms with Crippen LogP contribution in [-0.4, -0.2) is 19.6 Å². The second-order valence-corrected chi connectivity index (χ2v) is 5.23. The molecule has 0 radical (unpaired) electrons. The number of para-hydroxylation sites is 2. The van der Waals surface area contributed by atoms with Gasteiger partial charge in [0.1, 0.15) is 0 Å². The van der Waals surface area contributed by atoms with E-state index < -0.39 is 0 Å². The highest BCUT2D eigenvalue weighted by molar-refractivity contribution is 5.85. The van der Waals surface area contributed by atoms with Crippen LogP contribution in [0.5, 0.6) is 0 Å². The molecule has 2 aromatic rings. The van der Waals surface area contributed by atoms with Gasteiger partial charge in [0.25, 0.3) is 0 Å². The predicted octanol–water partition coefficient (Wildman–Crippen LogP) is 3.96. The van der Waals surface area contributed by atoms with E-state index in [-0.39, 0.29) is 24.8 Å². The molecular weight excluding hydrogens is 317 g/mol. The molecule has 120 valence electrons. The molecule has 0 fully saturated rings. The molecule has 0 aliphatic carbocycles. The summed E-state index contributed by atoms with van der Waals surface area (Å²) in [5.74, 6) is 0. The summed E-state index contributed by atoms with van der Waals surface area (Å²) in [4.78, 5) is 4.88. The van der Waals surface area contributed by atoms with Crippen molar-refractivity contribution in [3.63, 3.8) is 0 Å². The largest absolute Gasteiger partial charge is 0.399 e. The van der Waals surface area contributed by atoms with Crippen LogP contribution in [0, 0.1) is 0 Å². The molecule has 22 heavy (non-hydrogen) atoms. The van der Waals surface area contributed by atoms with E-state index in [1.807, 2.05) is 12.1 Å². The van der Waals surface area contributed by atoms with Crippen molar-refractivity contribution in [2.24, 2.45) is 0 Å². The first-order chi connectivity index (χ1) is 9.78. The zero-order valence-electron chi connectivity index (χ0n) is 12.7. The number of nitrogens with two attached hydrogens (primary N) is 1. The Bertz CT molecular complexity index is 604. The van der Waals surface area contributed by atoms with E-state index in [1.165, 1.54) is 16.9 Å². The van der Waals surface area contributed by atoms with Crippen LogP contribution in [0.1, 0.15) is 12.5 Å². The van der Waals surface area contributed by atoms with Gasteiger partial charge < -0.3 is 15.5 Å². The number of rotatable bonds is 3. The van der Waals surface area contributed by atoms with Crippen molar-refractivity contribution in [1.29, 1.82) is 0 Å². The topological polar surface area (TPSA) is 32.5 Å². The molecule has 5 heteroatoms. The van der Waals surface area contributed by atoms with Gasteiger partial charge in [0.2, 0.25) is 0 Å². The van der Waals surface area contributed by atoms with Crippen LogP contribution >= 0.6 is 24.8 Å². The second kappa shape index (κ2) is 8.16. The Morgan fingerprint density at radius 3 is 2.18 bits per heavy atom. The molecule has 1 aliphatic rings. The zero-order valence-corrected chi connectivity index (χ0v) is 14.4. The van der Waals surface area contributed by atoms with Gasteiger partial charge in [0.15, 0.2) is 0 Å². The first-order valence-corrected chi connectivity index (χ1v) is 7.21. The van der Waals surface area contributed by atoms with Gasteiger partial charge in [-0.1, -0.05) is 24.3 Å². The van der Waals surface area contributed by atoms with Crippen LogP contribution in [0.3, 0.4) is 0 Å². The molecule has 3 rings (SSSR count). The molecule has 0 amide bonds. The van der Waals surface area contributed by atoms with Crippen molar-refractivity contribution in [1.82, 2.24) is 0 Å².